The minimum atomic E-state index is -3.16. The zero-order valence-electron chi connectivity index (χ0n) is 12.0. The predicted molar refractivity (Wildman–Crippen MR) is 86.5 cm³/mol. The smallest absolute Gasteiger partial charge is 0.175 e. The Morgan fingerprint density at radius 2 is 1.90 bits per heavy atom. The highest BCUT2D eigenvalue weighted by Gasteiger charge is 2.13. The Hall–Kier alpha value is -1.37. The number of anilines is 1. The van der Waals surface area contributed by atoms with Gasteiger partial charge in [0.2, 0.25) is 0 Å². The molecule has 0 radical (unpaired) electrons. The van der Waals surface area contributed by atoms with Gasteiger partial charge in [0.25, 0.3) is 0 Å². The van der Waals surface area contributed by atoms with Gasteiger partial charge in [-0.15, -0.1) is 11.3 Å². The average molecular weight is 325 g/mol. The Balaban J connectivity index is 1.95. The molecule has 2 atom stereocenters. The van der Waals surface area contributed by atoms with Crippen LogP contribution in [0.4, 0.5) is 5.69 Å². The summed E-state index contributed by atoms with van der Waals surface area (Å²) in [6, 6.07) is 10.6. The summed E-state index contributed by atoms with van der Waals surface area (Å²) < 4.78 is 22.8. The number of sulfone groups is 1. The minimum absolute atomic E-state index is 0.0752. The number of benzene rings is 1. The molecule has 0 amide bonds. The summed E-state index contributed by atoms with van der Waals surface area (Å²) >= 11 is 1.54. The highest BCUT2D eigenvalue weighted by molar-refractivity contribution is 7.90. The third-order valence-corrected chi connectivity index (χ3v) is 5.25. The number of thiophene rings is 1. The molecule has 6 heteroatoms. The minimum Gasteiger partial charge on any atom is -0.387 e. The van der Waals surface area contributed by atoms with Gasteiger partial charge in [-0.3, -0.25) is 0 Å². The van der Waals surface area contributed by atoms with Crippen molar-refractivity contribution in [1.29, 1.82) is 0 Å². The highest BCUT2D eigenvalue weighted by atomic mass is 32.2. The van der Waals surface area contributed by atoms with E-state index in [4.69, 9.17) is 0 Å². The van der Waals surface area contributed by atoms with E-state index in [1.165, 1.54) is 17.6 Å². The Morgan fingerprint density at radius 3 is 2.43 bits per heavy atom. The number of aliphatic hydroxyl groups excluding tert-OH is 1. The topological polar surface area (TPSA) is 66.4 Å². The van der Waals surface area contributed by atoms with Crippen LogP contribution in [0.3, 0.4) is 0 Å². The molecule has 0 spiro atoms. The lowest BCUT2D eigenvalue weighted by Gasteiger charge is -2.18. The Bertz CT molecular complexity index is 663. The van der Waals surface area contributed by atoms with Crippen LogP contribution in [0.5, 0.6) is 0 Å². The van der Waals surface area contributed by atoms with Gasteiger partial charge < -0.3 is 10.4 Å². The maximum Gasteiger partial charge on any atom is 0.175 e. The van der Waals surface area contributed by atoms with E-state index in [9.17, 15) is 13.5 Å². The van der Waals surface area contributed by atoms with E-state index >= 15 is 0 Å². The maximum absolute atomic E-state index is 11.4. The van der Waals surface area contributed by atoms with Crippen LogP contribution in [0.1, 0.15) is 24.3 Å². The average Bonchev–Trinajstić information content (AvgIpc) is 2.92. The van der Waals surface area contributed by atoms with Crippen LogP contribution in [0.15, 0.2) is 46.7 Å². The summed E-state index contributed by atoms with van der Waals surface area (Å²) in [4.78, 5) is 1.26. The molecule has 2 N–H and O–H groups in total. The number of hydrogen-bond donors (Lipinski definition) is 2. The molecule has 0 aliphatic carbocycles. The van der Waals surface area contributed by atoms with Crippen molar-refractivity contribution in [3.8, 4) is 0 Å². The van der Waals surface area contributed by atoms with Gasteiger partial charge in [0, 0.05) is 22.9 Å². The lowest BCUT2D eigenvalue weighted by Crippen LogP contribution is -2.18. The third kappa shape index (κ3) is 4.56. The summed E-state index contributed by atoms with van der Waals surface area (Å²) in [7, 11) is -3.16. The molecule has 0 fully saturated rings. The van der Waals surface area contributed by atoms with Crippen molar-refractivity contribution in [2.75, 3.05) is 11.6 Å². The van der Waals surface area contributed by atoms with Crippen LogP contribution >= 0.6 is 11.3 Å². The summed E-state index contributed by atoms with van der Waals surface area (Å²) in [5.41, 5.74) is 0.841. The van der Waals surface area contributed by atoms with Crippen molar-refractivity contribution in [3.63, 3.8) is 0 Å². The van der Waals surface area contributed by atoms with E-state index in [-0.39, 0.29) is 6.04 Å². The summed E-state index contributed by atoms with van der Waals surface area (Å²) in [6.07, 6.45) is 1.30. The van der Waals surface area contributed by atoms with Crippen LogP contribution in [-0.4, -0.2) is 25.8 Å². The van der Waals surface area contributed by atoms with Gasteiger partial charge in [0.05, 0.1) is 11.0 Å². The van der Waals surface area contributed by atoms with E-state index in [0.717, 1.165) is 10.6 Å². The second-order valence-corrected chi connectivity index (χ2v) is 8.10. The first-order valence-corrected chi connectivity index (χ1v) is 9.41. The van der Waals surface area contributed by atoms with Gasteiger partial charge in [0.1, 0.15) is 0 Å². The molecular weight excluding hydrogens is 306 g/mol. The van der Waals surface area contributed by atoms with Crippen molar-refractivity contribution in [1.82, 2.24) is 0 Å². The third-order valence-electron chi connectivity index (χ3n) is 3.14. The van der Waals surface area contributed by atoms with E-state index in [1.54, 1.807) is 24.3 Å². The number of aliphatic hydroxyl groups is 1. The van der Waals surface area contributed by atoms with E-state index in [0.29, 0.717) is 11.3 Å². The lowest BCUT2D eigenvalue weighted by atomic mass is 10.1. The summed E-state index contributed by atoms with van der Waals surface area (Å²) in [5.74, 6) is 0. The maximum atomic E-state index is 11.4. The first kappa shape index (κ1) is 16.0. The molecule has 2 unspecified atom stereocenters. The molecule has 2 rings (SSSR count). The van der Waals surface area contributed by atoms with Crippen molar-refractivity contribution >= 4 is 26.9 Å². The largest absolute Gasteiger partial charge is 0.387 e. The van der Waals surface area contributed by atoms with Crippen LogP contribution < -0.4 is 5.32 Å². The molecule has 1 aromatic heterocycles. The summed E-state index contributed by atoms with van der Waals surface area (Å²) in [6.45, 7) is 1.99. The molecule has 21 heavy (non-hydrogen) atoms. The van der Waals surface area contributed by atoms with Gasteiger partial charge in [-0.2, -0.15) is 0 Å². The zero-order valence-corrected chi connectivity index (χ0v) is 13.6. The van der Waals surface area contributed by atoms with Crippen molar-refractivity contribution in [2.45, 2.75) is 30.4 Å². The van der Waals surface area contributed by atoms with E-state index in [1.807, 2.05) is 24.4 Å². The second kappa shape index (κ2) is 6.60. The molecule has 4 nitrogen and oxygen atoms in total. The standard InChI is InChI=1S/C15H19NO3S2/c1-11(10-14(17)15-4-3-9-20-15)16-12-5-7-13(8-6-12)21(2,18)19/h3-9,11,14,16-17H,10H2,1-2H3. The first-order chi connectivity index (χ1) is 9.86. The molecule has 0 bridgehead atoms. The monoisotopic (exact) mass is 325 g/mol. The van der Waals surface area contributed by atoms with Crippen molar-refractivity contribution in [3.05, 3.63) is 46.7 Å². The highest BCUT2D eigenvalue weighted by Crippen LogP contribution is 2.24. The molecule has 1 heterocycles. The van der Waals surface area contributed by atoms with E-state index < -0.39 is 15.9 Å². The lowest BCUT2D eigenvalue weighted by molar-refractivity contribution is 0.166. The van der Waals surface area contributed by atoms with Crippen molar-refractivity contribution in [2.24, 2.45) is 0 Å². The second-order valence-electron chi connectivity index (χ2n) is 5.11. The molecule has 2 aromatic rings. The molecule has 0 aliphatic heterocycles. The quantitative estimate of drug-likeness (QED) is 0.856. The van der Waals surface area contributed by atoms with Crippen LogP contribution in [0.25, 0.3) is 0 Å². The van der Waals surface area contributed by atoms with Gasteiger partial charge in [-0.1, -0.05) is 6.07 Å². The number of hydrogen-bond acceptors (Lipinski definition) is 5. The molecule has 0 aliphatic rings. The van der Waals surface area contributed by atoms with Crippen LogP contribution in [0.2, 0.25) is 0 Å². The molecule has 1 aromatic carbocycles. The molecular formula is C15H19NO3S2. The Morgan fingerprint density at radius 1 is 1.24 bits per heavy atom. The fourth-order valence-corrected chi connectivity index (χ4v) is 3.43. The zero-order chi connectivity index (χ0) is 15.5. The van der Waals surface area contributed by atoms with Crippen LogP contribution in [0, 0.1) is 0 Å². The van der Waals surface area contributed by atoms with E-state index in [2.05, 4.69) is 5.32 Å². The van der Waals surface area contributed by atoms with Crippen LogP contribution in [-0.2, 0) is 9.84 Å². The number of rotatable bonds is 6. The summed E-state index contributed by atoms with van der Waals surface area (Å²) in [5, 5.41) is 15.3. The van der Waals surface area contributed by atoms with Gasteiger partial charge in [-0.05, 0) is 49.1 Å². The number of nitrogens with one attached hydrogen (secondary N) is 1. The van der Waals surface area contributed by atoms with Gasteiger partial charge >= 0.3 is 0 Å². The Kier molecular flexibility index (Phi) is 5.03. The van der Waals surface area contributed by atoms with Crippen molar-refractivity contribution < 1.29 is 13.5 Å². The fraction of sp³-hybridized carbons (Fsp3) is 0.333. The molecule has 0 saturated carbocycles. The van der Waals surface area contributed by atoms with Gasteiger partial charge in [0.15, 0.2) is 9.84 Å². The van der Waals surface area contributed by atoms with Gasteiger partial charge in [-0.25, -0.2) is 8.42 Å². The fourth-order valence-electron chi connectivity index (χ4n) is 2.07. The Labute approximate surface area is 129 Å². The molecule has 0 saturated heterocycles. The predicted octanol–water partition coefficient (Wildman–Crippen LogP) is 3.08. The SMILES string of the molecule is CC(CC(O)c1cccs1)Nc1ccc(S(C)(=O)=O)cc1. The normalized spacial score (nSPS) is 14.6. The molecule has 114 valence electrons. The first-order valence-electron chi connectivity index (χ1n) is 6.64.